The van der Waals surface area contributed by atoms with Crippen LogP contribution in [0.1, 0.15) is 43.0 Å². The first kappa shape index (κ1) is 28.4. The molecule has 0 bridgehead atoms. The molecule has 0 spiro atoms. The Balaban J connectivity index is 1.45. The fraction of sp³-hybridized carbons (Fsp3) is 0.346. The molecule has 1 aliphatic rings. The maximum absolute atomic E-state index is 12.5. The minimum atomic E-state index is -4.67. The van der Waals surface area contributed by atoms with Crippen LogP contribution < -0.4 is 16.4 Å². The molecule has 12 nitrogen and oxygen atoms in total. The highest BCUT2D eigenvalue weighted by molar-refractivity contribution is 7.77. The zero-order chi connectivity index (χ0) is 28.5. The van der Waals surface area contributed by atoms with Crippen LogP contribution in [0, 0.1) is 0 Å². The number of aromatic nitrogens is 4. The molecular weight excluding hydrogens is 554 g/mol. The molecule has 40 heavy (non-hydrogen) atoms. The largest absolute Gasteiger partial charge is 0.508 e. The van der Waals surface area contributed by atoms with Crippen LogP contribution in [-0.4, -0.2) is 51.3 Å². The van der Waals surface area contributed by atoms with Crippen molar-refractivity contribution in [2.45, 2.75) is 50.6 Å². The third kappa shape index (κ3) is 6.78. The van der Waals surface area contributed by atoms with E-state index >= 15 is 0 Å². The molecule has 1 aliphatic carbocycles. The Morgan fingerprint density at radius 1 is 1.00 bits per heavy atom. The Labute approximate surface area is 230 Å². The number of nitrogens with zero attached hydrogens (tertiary/aromatic N) is 4. The minimum Gasteiger partial charge on any atom is -0.508 e. The Hall–Kier alpha value is -3.11. The molecule has 2 aromatic heterocycles. The predicted molar refractivity (Wildman–Crippen MR) is 152 cm³/mol. The number of hydrogen-bond donors (Lipinski definition) is 6. The van der Waals surface area contributed by atoms with E-state index in [0.29, 0.717) is 41.5 Å². The first-order valence-electron chi connectivity index (χ1n) is 13.0. The fourth-order valence-corrected chi connectivity index (χ4v) is 8.24. The van der Waals surface area contributed by atoms with Crippen LogP contribution in [0.3, 0.4) is 0 Å². The molecule has 1 fully saturated rings. The summed E-state index contributed by atoms with van der Waals surface area (Å²) in [6.07, 6.45) is 5.91. The van der Waals surface area contributed by atoms with Crippen LogP contribution >= 0.6 is 15.0 Å². The van der Waals surface area contributed by atoms with Gasteiger partial charge in [0, 0.05) is 29.5 Å². The summed E-state index contributed by atoms with van der Waals surface area (Å²) in [5.74, 6) is 0.424. The molecule has 14 heteroatoms. The molecular formula is C26H32N6O6P2. The molecule has 1 unspecified atom stereocenters. The molecule has 1 saturated carbocycles. The molecule has 0 amide bonds. The van der Waals surface area contributed by atoms with Gasteiger partial charge in [0.05, 0.1) is 6.33 Å². The van der Waals surface area contributed by atoms with Crippen molar-refractivity contribution in [1.82, 2.24) is 19.5 Å². The molecule has 0 aliphatic heterocycles. The van der Waals surface area contributed by atoms with Gasteiger partial charge in [-0.25, -0.2) is 15.0 Å². The minimum absolute atomic E-state index is 0.0512. The number of phenols is 1. The smallest absolute Gasteiger partial charge is 0.335 e. The number of benzene rings is 2. The summed E-state index contributed by atoms with van der Waals surface area (Å²) in [5, 5.41) is 13.0. The van der Waals surface area contributed by atoms with E-state index in [2.05, 4.69) is 10.3 Å². The Morgan fingerprint density at radius 3 is 2.40 bits per heavy atom. The lowest BCUT2D eigenvalue weighted by Gasteiger charge is -2.25. The average Bonchev–Trinajstić information content (AvgIpc) is 3.30. The quantitative estimate of drug-likeness (QED) is 0.157. The van der Waals surface area contributed by atoms with Gasteiger partial charge in [0.25, 0.3) is 0 Å². The normalized spacial score (nSPS) is 19.4. The van der Waals surface area contributed by atoms with Crippen molar-refractivity contribution in [2.24, 2.45) is 5.73 Å². The van der Waals surface area contributed by atoms with Crippen molar-refractivity contribution >= 4 is 42.9 Å². The van der Waals surface area contributed by atoms with Crippen molar-refractivity contribution in [3.8, 4) is 5.75 Å². The molecule has 1 atom stereocenters. The third-order valence-corrected chi connectivity index (χ3v) is 11.2. The Bertz CT molecular complexity index is 1600. The van der Waals surface area contributed by atoms with E-state index in [-0.39, 0.29) is 23.0 Å². The van der Waals surface area contributed by atoms with E-state index in [4.69, 9.17) is 25.5 Å². The number of aromatic hydroxyl groups is 1. The molecule has 0 saturated heterocycles. The number of fused-ring (bicyclic) bond motifs is 1. The maximum atomic E-state index is 12.5. The van der Waals surface area contributed by atoms with E-state index in [0.717, 1.165) is 31.2 Å². The summed E-state index contributed by atoms with van der Waals surface area (Å²) in [4.78, 5) is 42.8. The third-order valence-electron chi connectivity index (χ3n) is 7.08. The highest BCUT2D eigenvalue weighted by Crippen LogP contribution is 2.53. The van der Waals surface area contributed by atoms with Gasteiger partial charge in [-0.05, 0) is 74.1 Å². The molecule has 2 heterocycles. The lowest BCUT2D eigenvalue weighted by Crippen LogP contribution is -2.26. The van der Waals surface area contributed by atoms with Crippen molar-refractivity contribution < 1.29 is 28.9 Å². The van der Waals surface area contributed by atoms with Crippen LogP contribution in [0.5, 0.6) is 5.75 Å². The van der Waals surface area contributed by atoms with Crippen molar-refractivity contribution in [1.29, 1.82) is 0 Å². The van der Waals surface area contributed by atoms with Gasteiger partial charge in [0.1, 0.15) is 17.5 Å². The SMILES string of the molecule is NC1CCC(c2nc(Nc3ccc(P(=O)(O)CP(=O)(O)O)cc3)c3ncn(CCc4cccc(O)c4)c3n2)CC1. The number of nitrogens with one attached hydrogen (secondary N) is 1. The van der Waals surface area contributed by atoms with Crippen molar-refractivity contribution in [3.63, 3.8) is 0 Å². The number of imidazole rings is 1. The molecule has 7 N–H and O–H groups in total. The van der Waals surface area contributed by atoms with Crippen molar-refractivity contribution in [2.75, 3.05) is 11.2 Å². The summed E-state index contributed by atoms with van der Waals surface area (Å²) in [5.41, 5.74) is 8.89. The van der Waals surface area contributed by atoms with E-state index in [1.165, 1.54) is 12.1 Å². The van der Waals surface area contributed by atoms with E-state index in [1.54, 1.807) is 36.7 Å². The zero-order valence-electron chi connectivity index (χ0n) is 21.7. The van der Waals surface area contributed by atoms with Crippen LogP contribution in [0.15, 0.2) is 54.9 Å². The predicted octanol–water partition coefficient (Wildman–Crippen LogP) is 3.53. The lowest BCUT2D eigenvalue weighted by molar-refractivity contribution is 0.376. The van der Waals surface area contributed by atoms with Gasteiger partial charge in [0.15, 0.2) is 17.0 Å². The van der Waals surface area contributed by atoms with Gasteiger partial charge in [0.2, 0.25) is 7.37 Å². The van der Waals surface area contributed by atoms with Crippen LogP contribution in [-0.2, 0) is 22.1 Å². The second-order valence-electron chi connectivity index (χ2n) is 10.3. The maximum Gasteiger partial charge on any atom is 0.335 e. The van der Waals surface area contributed by atoms with Crippen LogP contribution in [0.4, 0.5) is 11.5 Å². The molecule has 0 radical (unpaired) electrons. The summed E-state index contributed by atoms with van der Waals surface area (Å²) in [6, 6.07) is 13.2. The monoisotopic (exact) mass is 586 g/mol. The molecule has 212 valence electrons. The second kappa shape index (κ2) is 11.4. The van der Waals surface area contributed by atoms with Gasteiger partial charge in [-0.15, -0.1) is 0 Å². The Kier molecular flexibility index (Phi) is 8.10. The Morgan fingerprint density at radius 2 is 1.73 bits per heavy atom. The standard InChI is InChI=1S/C26H32N6O6P2/c27-19-6-4-18(5-7-19)24-30-25(29-20-8-10-22(11-9-20)39(34,35)16-40(36,37)38)23-26(31-24)32(15-28-23)13-12-17-2-1-3-21(33)14-17/h1-3,8-11,14-15,18-19,33H,4-7,12-13,16,27H2,(H,34,35)(H,29,30,31)(H2,36,37,38). The first-order chi connectivity index (χ1) is 19.0. The molecule has 4 aromatic rings. The highest BCUT2D eigenvalue weighted by Gasteiger charge is 2.31. The average molecular weight is 587 g/mol. The van der Waals surface area contributed by atoms with Crippen LogP contribution in [0.2, 0.25) is 0 Å². The number of nitrogens with two attached hydrogens (primary N) is 1. The summed E-state index contributed by atoms with van der Waals surface area (Å²) >= 11 is 0. The number of hydrogen-bond acceptors (Lipinski definition) is 8. The number of rotatable bonds is 9. The van der Waals surface area contributed by atoms with Gasteiger partial charge in [-0.1, -0.05) is 12.1 Å². The fourth-order valence-electron chi connectivity index (χ4n) is 4.98. The van der Waals surface area contributed by atoms with E-state index in [1.807, 2.05) is 10.6 Å². The zero-order valence-corrected chi connectivity index (χ0v) is 23.5. The van der Waals surface area contributed by atoms with Crippen molar-refractivity contribution in [3.05, 3.63) is 66.2 Å². The van der Waals surface area contributed by atoms with Gasteiger partial charge in [-0.3, -0.25) is 9.13 Å². The van der Waals surface area contributed by atoms with E-state index in [9.17, 15) is 19.1 Å². The summed E-state index contributed by atoms with van der Waals surface area (Å²) in [6.45, 7) is 0.589. The highest BCUT2D eigenvalue weighted by atomic mass is 31.2. The first-order valence-corrected chi connectivity index (χ1v) is 16.6. The number of phenolic OH excluding ortho intramolecular Hbond substituents is 1. The summed E-state index contributed by atoms with van der Waals surface area (Å²) < 4.78 is 25.7. The van der Waals surface area contributed by atoms with Gasteiger partial charge < -0.3 is 35.4 Å². The topological polar surface area (TPSA) is 197 Å². The summed E-state index contributed by atoms with van der Waals surface area (Å²) in [7, 11) is -8.90. The second-order valence-corrected chi connectivity index (χ2v) is 14.6. The van der Waals surface area contributed by atoms with E-state index < -0.39 is 20.9 Å². The van der Waals surface area contributed by atoms with Gasteiger partial charge >= 0.3 is 7.60 Å². The number of anilines is 2. The lowest BCUT2D eigenvalue weighted by atomic mass is 9.86. The van der Waals surface area contributed by atoms with Crippen LogP contribution in [0.25, 0.3) is 11.2 Å². The van der Waals surface area contributed by atoms with Gasteiger partial charge in [-0.2, -0.15) is 0 Å². The molecule has 2 aromatic carbocycles. The molecule has 5 rings (SSSR count). The number of aryl methyl sites for hydroxylation is 2.